The molecule has 1 aromatic heterocycles. The Hall–Kier alpha value is -2.75. The lowest BCUT2D eigenvalue weighted by Gasteiger charge is -2.16. The van der Waals surface area contributed by atoms with Crippen molar-refractivity contribution in [2.75, 3.05) is 12.4 Å². The standard InChI is InChI=1S/C18H18N2O2/c1-12(20-16-9-5-6-10-17(16)22-2)18(21)14-11-19-15-8-4-3-7-13(14)15/h3-12,19-20H,1-2H3/t12-/m1/s1. The number of methoxy groups -OCH3 is 1. The first kappa shape index (κ1) is 14.2. The van der Waals surface area contributed by atoms with Gasteiger partial charge in [-0.15, -0.1) is 0 Å². The number of ether oxygens (including phenoxy) is 1. The van der Waals surface area contributed by atoms with E-state index >= 15 is 0 Å². The lowest BCUT2D eigenvalue weighted by atomic mass is 10.0. The van der Waals surface area contributed by atoms with E-state index in [1.807, 2.05) is 55.5 Å². The molecule has 0 spiro atoms. The molecule has 0 aliphatic heterocycles. The summed E-state index contributed by atoms with van der Waals surface area (Å²) in [5.41, 5.74) is 2.48. The normalized spacial score (nSPS) is 12.1. The van der Waals surface area contributed by atoms with Crippen LogP contribution in [-0.4, -0.2) is 23.9 Å². The molecule has 0 saturated carbocycles. The predicted molar refractivity (Wildman–Crippen MR) is 88.7 cm³/mol. The summed E-state index contributed by atoms with van der Waals surface area (Å²) in [6, 6.07) is 15.0. The third kappa shape index (κ3) is 2.55. The molecule has 3 aromatic rings. The van der Waals surface area contributed by atoms with E-state index in [2.05, 4.69) is 10.3 Å². The molecular formula is C18H18N2O2. The summed E-state index contributed by atoms with van der Waals surface area (Å²) in [5.74, 6) is 0.768. The van der Waals surface area contributed by atoms with Crippen LogP contribution in [0.5, 0.6) is 5.75 Å². The van der Waals surface area contributed by atoms with Gasteiger partial charge in [0.2, 0.25) is 0 Å². The number of fused-ring (bicyclic) bond motifs is 1. The summed E-state index contributed by atoms with van der Waals surface area (Å²) >= 11 is 0. The van der Waals surface area contributed by atoms with E-state index < -0.39 is 0 Å². The van der Waals surface area contributed by atoms with Crippen LogP contribution in [0.3, 0.4) is 0 Å². The third-order valence-electron chi connectivity index (χ3n) is 3.73. The van der Waals surface area contributed by atoms with Gasteiger partial charge in [-0.05, 0) is 25.1 Å². The molecule has 0 radical (unpaired) electrons. The molecule has 0 aliphatic carbocycles. The topological polar surface area (TPSA) is 54.1 Å². The summed E-state index contributed by atoms with van der Waals surface area (Å²) in [6.45, 7) is 1.86. The van der Waals surface area contributed by atoms with Crippen LogP contribution in [-0.2, 0) is 0 Å². The Morgan fingerprint density at radius 3 is 2.68 bits per heavy atom. The second-order valence-corrected chi connectivity index (χ2v) is 5.18. The van der Waals surface area contributed by atoms with Crippen molar-refractivity contribution in [3.05, 3.63) is 60.3 Å². The summed E-state index contributed by atoms with van der Waals surface area (Å²) in [4.78, 5) is 15.8. The SMILES string of the molecule is COc1ccccc1N[C@H](C)C(=O)c1c[nH]c2ccccc12. The highest BCUT2D eigenvalue weighted by Gasteiger charge is 2.19. The highest BCUT2D eigenvalue weighted by molar-refractivity contribution is 6.11. The monoisotopic (exact) mass is 294 g/mol. The number of H-pyrrole nitrogens is 1. The van der Waals surface area contributed by atoms with Crippen molar-refractivity contribution in [2.45, 2.75) is 13.0 Å². The second kappa shape index (κ2) is 5.93. The van der Waals surface area contributed by atoms with E-state index in [9.17, 15) is 4.79 Å². The first-order valence-electron chi connectivity index (χ1n) is 7.20. The van der Waals surface area contributed by atoms with Gasteiger partial charge in [-0.3, -0.25) is 4.79 Å². The largest absolute Gasteiger partial charge is 0.495 e. The van der Waals surface area contributed by atoms with Gasteiger partial charge in [0, 0.05) is 22.7 Å². The van der Waals surface area contributed by atoms with E-state index in [-0.39, 0.29) is 11.8 Å². The minimum absolute atomic E-state index is 0.0448. The second-order valence-electron chi connectivity index (χ2n) is 5.18. The molecule has 22 heavy (non-hydrogen) atoms. The molecule has 3 rings (SSSR count). The lowest BCUT2D eigenvalue weighted by Crippen LogP contribution is -2.26. The van der Waals surface area contributed by atoms with Crippen molar-refractivity contribution in [3.63, 3.8) is 0 Å². The van der Waals surface area contributed by atoms with E-state index in [0.29, 0.717) is 5.56 Å². The number of Topliss-reactive ketones (excluding diaryl/α,β-unsaturated/α-hetero) is 1. The third-order valence-corrected chi connectivity index (χ3v) is 3.73. The summed E-state index contributed by atoms with van der Waals surface area (Å²) in [6.07, 6.45) is 1.77. The van der Waals surface area contributed by atoms with Crippen LogP contribution in [0.1, 0.15) is 17.3 Å². The van der Waals surface area contributed by atoms with Gasteiger partial charge in [-0.1, -0.05) is 30.3 Å². The molecule has 4 heteroatoms. The van der Waals surface area contributed by atoms with Gasteiger partial charge in [0.15, 0.2) is 5.78 Å². The Balaban J connectivity index is 1.86. The number of rotatable bonds is 5. The average Bonchev–Trinajstić information content (AvgIpc) is 2.98. The number of aromatic amines is 1. The van der Waals surface area contributed by atoms with Crippen molar-refractivity contribution >= 4 is 22.4 Å². The number of aromatic nitrogens is 1. The van der Waals surface area contributed by atoms with E-state index in [4.69, 9.17) is 4.74 Å². The van der Waals surface area contributed by atoms with Crippen LogP contribution in [0.15, 0.2) is 54.7 Å². The number of para-hydroxylation sites is 3. The fraction of sp³-hybridized carbons (Fsp3) is 0.167. The smallest absolute Gasteiger partial charge is 0.186 e. The Morgan fingerprint density at radius 2 is 1.86 bits per heavy atom. The Morgan fingerprint density at radius 1 is 1.14 bits per heavy atom. The molecule has 1 atom stereocenters. The van der Waals surface area contributed by atoms with E-state index in [1.165, 1.54) is 0 Å². The van der Waals surface area contributed by atoms with Crippen molar-refractivity contribution in [1.82, 2.24) is 4.98 Å². The van der Waals surface area contributed by atoms with Crippen molar-refractivity contribution in [1.29, 1.82) is 0 Å². The molecule has 0 bridgehead atoms. The Bertz CT molecular complexity index is 807. The van der Waals surface area contributed by atoms with Crippen LogP contribution in [0.4, 0.5) is 5.69 Å². The maximum absolute atomic E-state index is 12.7. The molecule has 0 unspecified atom stereocenters. The van der Waals surface area contributed by atoms with Gasteiger partial charge >= 0.3 is 0 Å². The Labute approximate surface area is 129 Å². The van der Waals surface area contributed by atoms with Crippen LogP contribution < -0.4 is 10.1 Å². The fourth-order valence-corrected chi connectivity index (χ4v) is 2.57. The molecular weight excluding hydrogens is 276 g/mol. The highest BCUT2D eigenvalue weighted by Crippen LogP contribution is 2.25. The first-order valence-corrected chi connectivity index (χ1v) is 7.20. The van der Waals surface area contributed by atoms with Gasteiger partial charge in [-0.25, -0.2) is 0 Å². The molecule has 0 saturated heterocycles. The van der Waals surface area contributed by atoms with Crippen LogP contribution in [0, 0.1) is 0 Å². The van der Waals surface area contributed by atoms with Gasteiger partial charge in [-0.2, -0.15) is 0 Å². The fourth-order valence-electron chi connectivity index (χ4n) is 2.57. The maximum atomic E-state index is 12.7. The van der Waals surface area contributed by atoms with Crippen LogP contribution in [0.2, 0.25) is 0 Å². The average molecular weight is 294 g/mol. The Kier molecular flexibility index (Phi) is 3.83. The zero-order valence-electron chi connectivity index (χ0n) is 12.6. The van der Waals surface area contributed by atoms with E-state index in [0.717, 1.165) is 22.3 Å². The molecule has 112 valence electrons. The number of anilines is 1. The summed E-state index contributed by atoms with van der Waals surface area (Å²) in [7, 11) is 1.62. The zero-order valence-corrected chi connectivity index (χ0v) is 12.6. The van der Waals surface area contributed by atoms with Gasteiger partial charge in [0.1, 0.15) is 5.75 Å². The molecule has 0 aliphatic rings. The van der Waals surface area contributed by atoms with Crippen LogP contribution >= 0.6 is 0 Å². The molecule has 2 aromatic carbocycles. The number of nitrogens with one attached hydrogen (secondary N) is 2. The molecule has 1 heterocycles. The highest BCUT2D eigenvalue weighted by atomic mass is 16.5. The predicted octanol–water partition coefficient (Wildman–Crippen LogP) is 3.86. The minimum Gasteiger partial charge on any atom is -0.495 e. The van der Waals surface area contributed by atoms with E-state index in [1.54, 1.807) is 13.3 Å². The van der Waals surface area contributed by atoms with Crippen LogP contribution in [0.25, 0.3) is 10.9 Å². The number of hydrogen-bond acceptors (Lipinski definition) is 3. The minimum atomic E-state index is -0.351. The number of benzene rings is 2. The molecule has 0 fully saturated rings. The van der Waals surface area contributed by atoms with Crippen molar-refractivity contribution < 1.29 is 9.53 Å². The molecule has 0 amide bonds. The maximum Gasteiger partial charge on any atom is 0.186 e. The quantitative estimate of drug-likeness (QED) is 0.703. The van der Waals surface area contributed by atoms with Crippen molar-refractivity contribution in [2.24, 2.45) is 0 Å². The van der Waals surface area contributed by atoms with Gasteiger partial charge in [0.05, 0.1) is 18.8 Å². The summed E-state index contributed by atoms with van der Waals surface area (Å²) < 4.78 is 5.31. The van der Waals surface area contributed by atoms with Gasteiger partial charge in [0.25, 0.3) is 0 Å². The number of carbonyl (C=O) groups excluding carboxylic acids is 1. The number of carbonyl (C=O) groups is 1. The first-order chi connectivity index (χ1) is 10.7. The van der Waals surface area contributed by atoms with Crippen molar-refractivity contribution in [3.8, 4) is 5.75 Å². The van der Waals surface area contributed by atoms with Gasteiger partial charge < -0.3 is 15.0 Å². The molecule has 2 N–H and O–H groups in total. The number of hydrogen-bond donors (Lipinski definition) is 2. The molecule has 4 nitrogen and oxygen atoms in total. The zero-order chi connectivity index (χ0) is 15.5. The summed E-state index contributed by atoms with van der Waals surface area (Å²) in [5, 5.41) is 4.17. The lowest BCUT2D eigenvalue weighted by molar-refractivity contribution is 0.0977. The number of ketones is 1.